The lowest BCUT2D eigenvalue weighted by Crippen LogP contribution is -2.27. The number of aliphatic hydroxyl groups is 1. The summed E-state index contributed by atoms with van der Waals surface area (Å²) in [5, 5.41) is 12.9. The van der Waals surface area contributed by atoms with E-state index < -0.39 is 0 Å². The first kappa shape index (κ1) is 17.0. The van der Waals surface area contributed by atoms with Crippen LogP contribution < -0.4 is 10.2 Å². The van der Waals surface area contributed by atoms with Gasteiger partial charge in [-0.25, -0.2) is 9.97 Å². The van der Waals surface area contributed by atoms with E-state index in [1.54, 1.807) is 0 Å². The predicted molar refractivity (Wildman–Crippen MR) is 100 cm³/mol. The Morgan fingerprint density at radius 2 is 2.00 bits per heavy atom. The van der Waals surface area contributed by atoms with Crippen molar-refractivity contribution in [1.82, 2.24) is 9.97 Å². The second-order valence-corrected chi connectivity index (χ2v) is 7.22. The third-order valence-electron chi connectivity index (χ3n) is 5.18. The van der Waals surface area contributed by atoms with Crippen molar-refractivity contribution in [3.63, 3.8) is 0 Å². The highest BCUT2D eigenvalue weighted by molar-refractivity contribution is 5.95. The van der Waals surface area contributed by atoms with Crippen molar-refractivity contribution in [3.8, 4) is 0 Å². The normalized spacial score (nSPS) is 22.4. The van der Waals surface area contributed by atoms with Crippen LogP contribution in [0.4, 0.5) is 11.5 Å². The van der Waals surface area contributed by atoms with Crippen molar-refractivity contribution in [1.29, 1.82) is 0 Å². The molecule has 1 aromatic carbocycles. The molecule has 136 valence electrons. The summed E-state index contributed by atoms with van der Waals surface area (Å²) in [5.41, 5.74) is 3.12. The highest BCUT2D eigenvalue weighted by atomic mass is 16.3. The molecular weight excluding hydrogens is 328 g/mol. The standard InChI is InChI=1S/C20H24N4O2/c1-13-22-18(15-9-17(25)10-15)11-19(23-13)21-12-14-4-6-16(7-5-14)24-8-2-3-20(24)26/h4-7,11,15,17,25H,2-3,8-10,12H2,1H3,(H,21,22,23). The fourth-order valence-electron chi connectivity index (χ4n) is 3.63. The van der Waals surface area contributed by atoms with Crippen LogP contribution in [0.25, 0.3) is 0 Å². The number of benzene rings is 1. The lowest BCUT2D eigenvalue weighted by molar-refractivity contribution is -0.117. The number of carbonyl (C=O) groups excluding carboxylic acids is 1. The maximum Gasteiger partial charge on any atom is 0.227 e. The van der Waals surface area contributed by atoms with Crippen LogP contribution in [0.1, 0.15) is 48.7 Å². The molecule has 0 unspecified atom stereocenters. The van der Waals surface area contributed by atoms with Gasteiger partial charge in [-0.3, -0.25) is 4.79 Å². The number of rotatable bonds is 5. The Kier molecular flexibility index (Phi) is 4.59. The van der Waals surface area contributed by atoms with E-state index in [1.165, 1.54) is 0 Å². The second-order valence-electron chi connectivity index (χ2n) is 7.22. The first-order chi connectivity index (χ1) is 12.6. The molecule has 2 aliphatic rings. The molecule has 1 aliphatic heterocycles. The molecule has 0 radical (unpaired) electrons. The molecule has 1 aliphatic carbocycles. The fourth-order valence-corrected chi connectivity index (χ4v) is 3.63. The lowest BCUT2D eigenvalue weighted by Gasteiger charge is -2.31. The lowest BCUT2D eigenvalue weighted by atomic mass is 9.80. The summed E-state index contributed by atoms with van der Waals surface area (Å²) in [6.45, 7) is 3.37. The number of aliphatic hydroxyl groups excluding tert-OH is 1. The van der Waals surface area contributed by atoms with E-state index in [0.717, 1.165) is 54.4 Å². The van der Waals surface area contributed by atoms with Gasteiger partial charge in [-0.1, -0.05) is 12.1 Å². The first-order valence-corrected chi connectivity index (χ1v) is 9.25. The molecule has 6 nitrogen and oxygen atoms in total. The summed E-state index contributed by atoms with van der Waals surface area (Å²) < 4.78 is 0. The number of anilines is 2. The molecule has 0 spiro atoms. The van der Waals surface area contributed by atoms with Gasteiger partial charge in [0, 0.05) is 42.9 Å². The highest BCUT2D eigenvalue weighted by Gasteiger charge is 2.30. The molecule has 2 heterocycles. The number of carbonyl (C=O) groups is 1. The van der Waals surface area contributed by atoms with E-state index in [0.29, 0.717) is 18.9 Å². The Hall–Kier alpha value is -2.47. The van der Waals surface area contributed by atoms with Crippen molar-refractivity contribution >= 4 is 17.4 Å². The molecule has 2 N–H and O–H groups in total. The van der Waals surface area contributed by atoms with Crippen molar-refractivity contribution in [2.24, 2.45) is 0 Å². The first-order valence-electron chi connectivity index (χ1n) is 9.25. The molecule has 0 atom stereocenters. The molecule has 2 aromatic rings. The average Bonchev–Trinajstić information content (AvgIpc) is 3.03. The fraction of sp³-hybridized carbons (Fsp3) is 0.450. The number of hydrogen-bond acceptors (Lipinski definition) is 5. The predicted octanol–water partition coefficient (Wildman–Crippen LogP) is 2.76. The van der Waals surface area contributed by atoms with Gasteiger partial charge in [0.05, 0.1) is 6.10 Å². The van der Waals surface area contributed by atoms with Crippen LogP contribution in [0, 0.1) is 6.92 Å². The zero-order valence-corrected chi connectivity index (χ0v) is 15.0. The van der Waals surface area contributed by atoms with Crippen LogP contribution in [-0.4, -0.2) is 33.6 Å². The summed E-state index contributed by atoms with van der Waals surface area (Å²) in [7, 11) is 0. The van der Waals surface area contributed by atoms with Crippen LogP contribution in [0.2, 0.25) is 0 Å². The van der Waals surface area contributed by atoms with Crippen molar-refractivity contribution in [2.75, 3.05) is 16.8 Å². The van der Waals surface area contributed by atoms with Gasteiger partial charge in [0.2, 0.25) is 5.91 Å². The minimum absolute atomic E-state index is 0.187. The third kappa shape index (κ3) is 3.55. The maximum atomic E-state index is 11.8. The molecule has 1 saturated heterocycles. The summed E-state index contributed by atoms with van der Waals surface area (Å²) in [5.74, 6) is 2.10. The number of hydrogen-bond donors (Lipinski definition) is 2. The Morgan fingerprint density at radius 3 is 2.65 bits per heavy atom. The molecule has 1 aromatic heterocycles. The zero-order valence-electron chi connectivity index (χ0n) is 15.0. The molecular formula is C20H24N4O2. The summed E-state index contributed by atoms with van der Waals surface area (Å²) >= 11 is 0. The summed E-state index contributed by atoms with van der Waals surface area (Å²) in [6.07, 6.45) is 2.97. The Labute approximate surface area is 153 Å². The van der Waals surface area contributed by atoms with Gasteiger partial charge >= 0.3 is 0 Å². The van der Waals surface area contributed by atoms with Crippen LogP contribution in [0.15, 0.2) is 30.3 Å². The van der Waals surface area contributed by atoms with Crippen molar-refractivity contribution in [3.05, 3.63) is 47.4 Å². The molecule has 0 bridgehead atoms. The SMILES string of the molecule is Cc1nc(NCc2ccc(N3CCCC3=O)cc2)cc(C2CC(O)C2)n1. The average molecular weight is 352 g/mol. The molecule has 1 amide bonds. The number of nitrogens with one attached hydrogen (secondary N) is 1. The van der Waals surface area contributed by atoms with E-state index in [1.807, 2.05) is 42.2 Å². The zero-order chi connectivity index (χ0) is 18.1. The third-order valence-corrected chi connectivity index (χ3v) is 5.18. The van der Waals surface area contributed by atoms with Crippen LogP contribution in [0.5, 0.6) is 0 Å². The van der Waals surface area contributed by atoms with E-state index in [9.17, 15) is 9.90 Å². The maximum absolute atomic E-state index is 11.8. The minimum atomic E-state index is -0.187. The van der Waals surface area contributed by atoms with Crippen LogP contribution in [-0.2, 0) is 11.3 Å². The van der Waals surface area contributed by atoms with Gasteiger partial charge in [0.25, 0.3) is 0 Å². The van der Waals surface area contributed by atoms with Crippen molar-refractivity contribution in [2.45, 2.75) is 51.2 Å². The van der Waals surface area contributed by atoms with E-state index in [-0.39, 0.29) is 12.0 Å². The topological polar surface area (TPSA) is 78.4 Å². The smallest absolute Gasteiger partial charge is 0.227 e. The van der Waals surface area contributed by atoms with Gasteiger partial charge in [0.1, 0.15) is 11.6 Å². The van der Waals surface area contributed by atoms with Crippen LogP contribution >= 0.6 is 0 Å². The second kappa shape index (κ2) is 7.03. The molecule has 2 fully saturated rings. The van der Waals surface area contributed by atoms with Crippen molar-refractivity contribution < 1.29 is 9.90 Å². The highest BCUT2D eigenvalue weighted by Crippen LogP contribution is 2.36. The van der Waals surface area contributed by atoms with E-state index in [2.05, 4.69) is 15.3 Å². The molecule has 6 heteroatoms. The minimum Gasteiger partial charge on any atom is -0.393 e. The molecule has 26 heavy (non-hydrogen) atoms. The van der Waals surface area contributed by atoms with Gasteiger partial charge in [-0.2, -0.15) is 0 Å². The van der Waals surface area contributed by atoms with Gasteiger partial charge in [-0.05, 0) is 43.9 Å². The van der Waals surface area contributed by atoms with Gasteiger partial charge in [-0.15, -0.1) is 0 Å². The molecule has 1 saturated carbocycles. The Morgan fingerprint density at radius 1 is 1.23 bits per heavy atom. The number of aromatic nitrogens is 2. The number of amides is 1. The van der Waals surface area contributed by atoms with Gasteiger partial charge in [0.15, 0.2) is 0 Å². The van der Waals surface area contributed by atoms with Gasteiger partial charge < -0.3 is 15.3 Å². The van der Waals surface area contributed by atoms with Crippen LogP contribution in [0.3, 0.4) is 0 Å². The molecule has 4 rings (SSSR count). The Bertz CT molecular complexity index is 800. The number of aryl methyl sites for hydroxylation is 1. The summed E-state index contributed by atoms with van der Waals surface area (Å²) in [6, 6.07) is 10.1. The quantitative estimate of drug-likeness (QED) is 0.865. The number of nitrogens with zero attached hydrogens (tertiary/aromatic N) is 3. The van der Waals surface area contributed by atoms with E-state index >= 15 is 0 Å². The van der Waals surface area contributed by atoms with E-state index in [4.69, 9.17) is 0 Å². The Balaban J connectivity index is 1.40. The monoisotopic (exact) mass is 352 g/mol. The summed E-state index contributed by atoms with van der Waals surface area (Å²) in [4.78, 5) is 22.6. The largest absolute Gasteiger partial charge is 0.393 e.